The van der Waals surface area contributed by atoms with Crippen LogP contribution < -0.4 is 18.9 Å². The molecule has 1 N–H and O–H groups in total. The summed E-state index contributed by atoms with van der Waals surface area (Å²) in [5, 5.41) is 10.5. The summed E-state index contributed by atoms with van der Waals surface area (Å²) in [5.74, 6) is 1.58. The van der Waals surface area contributed by atoms with Crippen LogP contribution in [-0.4, -0.2) is 24.8 Å². The van der Waals surface area contributed by atoms with Crippen LogP contribution in [0.25, 0.3) is 0 Å². The summed E-state index contributed by atoms with van der Waals surface area (Å²) in [6.45, 7) is 1.89. The van der Waals surface area contributed by atoms with Gasteiger partial charge >= 0.3 is 0 Å². The van der Waals surface area contributed by atoms with Gasteiger partial charge in [-0.15, -0.1) is 0 Å². The van der Waals surface area contributed by atoms with E-state index in [0.717, 1.165) is 16.9 Å². The van der Waals surface area contributed by atoms with Crippen molar-refractivity contribution in [2.45, 2.75) is 25.0 Å². The first-order chi connectivity index (χ1) is 11.1. The van der Waals surface area contributed by atoms with Crippen LogP contribution in [0.15, 0.2) is 36.4 Å². The van der Waals surface area contributed by atoms with Crippen molar-refractivity contribution in [1.82, 2.24) is 0 Å². The fourth-order valence-corrected chi connectivity index (χ4v) is 3.20. The van der Waals surface area contributed by atoms with Crippen LogP contribution in [0.2, 0.25) is 0 Å². The number of methoxy groups -OCH3 is 1. The third-order valence-electron chi connectivity index (χ3n) is 4.31. The van der Waals surface area contributed by atoms with Crippen molar-refractivity contribution in [3.63, 3.8) is 0 Å². The Bertz CT molecular complexity index is 736. The molecule has 0 aromatic heterocycles. The molecule has 0 fully saturated rings. The average Bonchev–Trinajstić information content (AvgIpc) is 2.99. The molecule has 0 unspecified atom stereocenters. The van der Waals surface area contributed by atoms with Crippen molar-refractivity contribution in [2.24, 2.45) is 0 Å². The Balaban J connectivity index is 1.80. The number of ether oxygens (including phenoxy) is 4. The lowest BCUT2D eigenvalue weighted by Gasteiger charge is -2.36. The van der Waals surface area contributed by atoms with Crippen LogP contribution in [-0.2, 0) is 0 Å². The predicted octanol–water partition coefficient (Wildman–Crippen LogP) is 3.05. The summed E-state index contributed by atoms with van der Waals surface area (Å²) in [6.07, 6.45) is 0.464. The lowest BCUT2D eigenvalue weighted by molar-refractivity contribution is -0.137. The Morgan fingerprint density at radius 1 is 1.09 bits per heavy atom. The molecule has 5 heteroatoms. The van der Waals surface area contributed by atoms with E-state index in [1.54, 1.807) is 20.1 Å². The molecule has 0 amide bonds. The van der Waals surface area contributed by atoms with E-state index in [1.807, 2.05) is 30.3 Å². The summed E-state index contributed by atoms with van der Waals surface area (Å²) in [5.41, 5.74) is 2.08. The van der Waals surface area contributed by atoms with Crippen molar-refractivity contribution < 1.29 is 24.1 Å². The largest absolute Gasteiger partial charge is 0.497 e. The van der Waals surface area contributed by atoms with Gasteiger partial charge in [0.15, 0.2) is 11.5 Å². The number of fused-ring (bicyclic) bond motifs is 2. The van der Waals surface area contributed by atoms with Crippen LogP contribution in [0.4, 0.5) is 0 Å². The van der Waals surface area contributed by atoms with Crippen LogP contribution in [0.5, 0.6) is 23.0 Å². The van der Waals surface area contributed by atoms with Gasteiger partial charge in [0.25, 0.3) is 0 Å². The molecular formula is C18H18O5. The van der Waals surface area contributed by atoms with Crippen LogP contribution >= 0.6 is 0 Å². The zero-order valence-corrected chi connectivity index (χ0v) is 13.0. The molecule has 120 valence electrons. The van der Waals surface area contributed by atoms with E-state index in [2.05, 4.69) is 0 Å². The lowest BCUT2D eigenvalue weighted by Crippen LogP contribution is -2.38. The molecular weight excluding hydrogens is 296 g/mol. The van der Waals surface area contributed by atoms with Crippen molar-refractivity contribution in [3.8, 4) is 23.0 Å². The number of hydrogen-bond donors (Lipinski definition) is 1. The molecule has 23 heavy (non-hydrogen) atoms. The molecule has 2 atom stereocenters. The van der Waals surface area contributed by atoms with Crippen molar-refractivity contribution in [1.29, 1.82) is 0 Å². The molecule has 0 aliphatic carbocycles. The number of rotatable bonds is 2. The van der Waals surface area contributed by atoms with Gasteiger partial charge < -0.3 is 24.1 Å². The standard InChI is InChI=1S/C18H18O5/c1-18(19)9-14(11-3-5-12(20-2)6-4-11)13-7-16-17(22-10-21-16)8-15(13)23-18/h3-8,14,19H,9-10H2,1-2H3/t14-,18+/m1/s1. The molecule has 2 aromatic rings. The molecule has 0 saturated carbocycles. The van der Waals surface area contributed by atoms with E-state index in [9.17, 15) is 5.11 Å². The Morgan fingerprint density at radius 2 is 1.78 bits per heavy atom. The minimum Gasteiger partial charge on any atom is -0.497 e. The fraction of sp³-hybridized carbons (Fsp3) is 0.333. The predicted molar refractivity (Wildman–Crippen MR) is 83.3 cm³/mol. The summed E-state index contributed by atoms with van der Waals surface area (Å²) in [7, 11) is 1.64. The zero-order chi connectivity index (χ0) is 16.0. The van der Waals surface area contributed by atoms with E-state index < -0.39 is 5.79 Å². The Kier molecular flexibility index (Phi) is 3.13. The Morgan fingerprint density at radius 3 is 2.48 bits per heavy atom. The van der Waals surface area contributed by atoms with E-state index in [0.29, 0.717) is 23.7 Å². The third kappa shape index (κ3) is 2.47. The molecule has 0 saturated heterocycles. The maximum absolute atomic E-state index is 10.5. The van der Waals surface area contributed by atoms with Gasteiger partial charge in [0.1, 0.15) is 11.5 Å². The van der Waals surface area contributed by atoms with Gasteiger partial charge in [0.05, 0.1) is 7.11 Å². The minimum absolute atomic E-state index is 0.00848. The maximum Gasteiger partial charge on any atom is 0.231 e. The summed E-state index contributed by atoms with van der Waals surface area (Å²) >= 11 is 0. The fourth-order valence-electron chi connectivity index (χ4n) is 3.20. The normalized spacial score (nSPS) is 24.7. The Labute approximate surface area is 134 Å². The van der Waals surface area contributed by atoms with E-state index in [4.69, 9.17) is 18.9 Å². The topological polar surface area (TPSA) is 57.2 Å². The van der Waals surface area contributed by atoms with Gasteiger partial charge in [-0.2, -0.15) is 0 Å². The van der Waals surface area contributed by atoms with Gasteiger partial charge in [-0.1, -0.05) is 12.1 Å². The first-order valence-corrected chi connectivity index (χ1v) is 7.55. The van der Waals surface area contributed by atoms with Gasteiger partial charge in [-0.25, -0.2) is 0 Å². The summed E-state index contributed by atoms with van der Waals surface area (Å²) in [6, 6.07) is 11.6. The smallest absolute Gasteiger partial charge is 0.231 e. The maximum atomic E-state index is 10.5. The van der Waals surface area contributed by atoms with E-state index in [-0.39, 0.29) is 12.7 Å². The molecule has 5 nitrogen and oxygen atoms in total. The highest BCUT2D eigenvalue weighted by atomic mass is 16.7. The number of benzene rings is 2. The quantitative estimate of drug-likeness (QED) is 0.923. The van der Waals surface area contributed by atoms with Crippen LogP contribution in [0.3, 0.4) is 0 Å². The highest BCUT2D eigenvalue weighted by Crippen LogP contribution is 2.48. The second kappa shape index (κ2) is 5.06. The van der Waals surface area contributed by atoms with Crippen molar-refractivity contribution >= 4 is 0 Å². The van der Waals surface area contributed by atoms with E-state index in [1.165, 1.54) is 0 Å². The Hall–Kier alpha value is -2.40. The second-order valence-electron chi connectivity index (χ2n) is 6.05. The van der Waals surface area contributed by atoms with Gasteiger partial charge in [-0.05, 0) is 23.8 Å². The molecule has 0 bridgehead atoms. The minimum atomic E-state index is -1.23. The second-order valence-corrected chi connectivity index (χ2v) is 6.05. The highest BCUT2D eigenvalue weighted by molar-refractivity contribution is 5.56. The molecule has 0 radical (unpaired) electrons. The van der Waals surface area contributed by atoms with Crippen molar-refractivity contribution in [3.05, 3.63) is 47.5 Å². The average molecular weight is 314 g/mol. The third-order valence-corrected chi connectivity index (χ3v) is 4.31. The van der Waals surface area contributed by atoms with Crippen molar-refractivity contribution in [2.75, 3.05) is 13.9 Å². The molecule has 2 aliphatic rings. The SMILES string of the molecule is COc1ccc([C@H]2C[C@@](C)(O)Oc3cc4c(cc32)OCO4)cc1. The molecule has 2 aliphatic heterocycles. The van der Waals surface area contributed by atoms with E-state index >= 15 is 0 Å². The first-order valence-electron chi connectivity index (χ1n) is 7.55. The molecule has 0 spiro atoms. The highest BCUT2D eigenvalue weighted by Gasteiger charge is 2.38. The van der Waals surface area contributed by atoms with Crippen LogP contribution in [0, 0.1) is 0 Å². The molecule has 2 aromatic carbocycles. The van der Waals surface area contributed by atoms with Gasteiger partial charge in [-0.3, -0.25) is 0 Å². The summed E-state index contributed by atoms with van der Waals surface area (Å²) < 4.78 is 21.8. The lowest BCUT2D eigenvalue weighted by atomic mass is 9.83. The monoisotopic (exact) mass is 314 g/mol. The van der Waals surface area contributed by atoms with Gasteiger partial charge in [0.2, 0.25) is 12.6 Å². The first kappa shape index (κ1) is 14.2. The zero-order valence-electron chi connectivity index (χ0n) is 13.0. The number of hydrogen-bond acceptors (Lipinski definition) is 5. The molecule has 4 rings (SSSR count). The van der Waals surface area contributed by atoms with Gasteiger partial charge in [0, 0.05) is 30.9 Å². The van der Waals surface area contributed by atoms with Crippen LogP contribution in [0.1, 0.15) is 30.4 Å². The number of aliphatic hydroxyl groups is 1. The summed E-state index contributed by atoms with van der Waals surface area (Å²) in [4.78, 5) is 0. The molecule has 2 heterocycles.